The first-order valence-corrected chi connectivity index (χ1v) is 8.80. The van der Waals surface area contributed by atoms with Gasteiger partial charge in [-0.2, -0.15) is 0 Å². The number of nitrogens with two attached hydrogens (primary N) is 1. The van der Waals surface area contributed by atoms with Crippen LogP contribution in [0.15, 0.2) is 57.7 Å². The quantitative estimate of drug-likeness (QED) is 0.622. The fourth-order valence-electron chi connectivity index (χ4n) is 2.76. The number of halogens is 1. The van der Waals surface area contributed by atoms with Crippen molar-refractivity contribution in [3.63, 3.8) is 0 Å². The Bertz CT molecular complexity index is 954. The van der Waals surface area contributed by atoms with Crippen LogP contribution < -0.4 is 15.7 Å². The van der Waals surface area contributed by atoms with Crippen LogP contribution in [0.25, 0.3) is 11.0 Å². The zero-order valence-electron chi connectivity index (χ0n) is 14.4. The molecule has 3 N–H and O–H groups in total. The Hall–Kier alpha value is -2.34. The molecule has 3 rings (SSSR count). The minimum absolute atomic E-state index is 0.160. The lowest BCUT2D eigenvalue weighted by Gasteiger charge is -2.12. The molecule has 0 spiro atoms. The van der Waals surface area contributed by atoms with Crippen molar-refractivity contribution in [2.24, 2.45) is 0 Å². The van der Waals surface area contributed by atoms with Gasteiger partial charge in [-0.05, 0) is 36.8 Å². The van der Waals surface area contributed by atoms with E-state index in [2.05, 4.69) is 0 Å². The highest BCUT2D eigenvalue weighted by Gasteiger charge is 2.09. The fraction of sp³-hybridized carbons (Fsp3) is 0.250. The summed E-state index contributed by atoms with van der Waals surface area (Å²) < 4.78 is 10.8. The molecule has 0 fully saturated rings. The van der Waals surface area contributed by atoms with Crippen LogP contribution in [0.1, 0.15) is 11.1 Å². The summed E-state index contributed by atoms with van der Waals surface area (Å²) >= 11 is 5.95. The summed E-state index contributed by atoms with van der Waals surface area (Å²) in [6.45, 7) is 3.26. The van der Waals surface area contributed by atoms with Crippen molar-refractivity contribution in [2.75, 3.05) is 13.2 Å². The van der Waals surface area contributed by atoms with Crippen molar-refractivity contribution in [1.29, 1.82) is 0 Å². The Balaban J connectivity index is 1.52. The molecule has 0 aliphatic rings. The normalized spacial score (nSPS) is 12.3. The molecule has 0 bridgehead atoms. The van der Waals surface area contributed by atoms with E-state index in [9.17, 15) is 9.90 Å². The predicted octanol–water partition coefficient (Wildman–Crippen LogP) is 2.26. The lowest BCUT2D eigenvalue weighted by molar-refractivity contribution is -0.676. The van der Waals surface area contributed by atoms with Crippen molar-refractivity contribution in [3.05, 3.63) is 75.1 Å². The van der Waals surface area contributed by atoms with Gasteiger partial charge in [0.2, 0.25) is 0 Å². The summed E-state index contributed by atoms with van der Waals surface area (Å²) in [5, 5.41) is 13.7. The van der Waals surface area contributed by atoms with E-state index in [1.54, 1.807) is 12.1 Å². The second kappa shape index (κ2) is 8.36. The first kappa shape index (κ1) is 18.5. The number of quaternary nitrogens is 1. The van der Waals surface area contributed by atoms with Crippen LogP contribution in [0.5, 0.6) is 5.75 Å². The summed E-state index contributed by atoms with van der Waals surface area (Å²) in [7, 11) is 0. The van der Waals surface area contributed by atoms with Crippen LogP contribution in [0.2, 0.25) is 5.02 Å². The molecule has 0 unspecified atom stereocenters. The Kier molecular flexibility index (Phi) is 5.93. The third-order valence-electron chi connectivity index (χ3n) is 4.07. The van der Waals surface area contributed by atoms with Crippen molar-refractivity contribution < 1.29 is 19.6 Å². The van der Waals surface area contributed by atoms with Gasteiger partial charge in [0.25, 0.3) is 0 Å². The number of rotatable bonds is 7. The summed E-state index contributed by atoms with van der Waals surface area (Å²) in [6, 6.07) is 14.4. The number of benzene rings is 2. The van der Waals surface area contributed by atoms with Gasteiger partial charge in [0, 0.05) is 28.1 Å². The van der Waals surface area contributed by atoms with Gasteiger partial charge in [-0.1, -0.05) is 23.7 Å². The first-order chi connectivity index (χ1) is 12.5. The van der Waals surface area contributed by atoms with Gasteiger partial charge in [0.15, 0.2) is 0 Å². The van der Waals surface area contributed by atoms with E-state index in [1.807, 2.05) is 42.6 Å². The topological polar surface area (TPSA) is 76.3 Å². The number of fused-ring (bicyclic) bond motifs is 1. The second-order valence-corrected chi connectivity index (χ2v) is 6.67. The van der Waals surface area contributed by atoms with Gasteiger partial charge in [-0.25, -0.2) is 4.79 Å². The second-order valence-electron chi connectivity index (χ2n) is 6.23. The van der Waals surface area contributed by atoms with E-state index in [1.165, 1.54) is 6.07 Å². The average molecular weight is 375 g/mol. The lowest BCUT2D eigenvalue weighted by atomic mass is 10.1. The van der Waals surface area contributed by atoms with E-state index in [-0.39, 0.29) is 12.2 Å². The standard InChI is InChI=1S/C20H20ClNO4/c1-13-7-20(24)26-19-9-17(5-6-18(13)19)25-12-16(23)11-22-10-14-3-2-4-15(21)8-14/h2-9,16,22-23H,10-12H2,1H3/p+1/t16-/m0/s1. The van der Waals surface area contributed by atoms with Crippen LogP contribution >= 0.6 is 11.6 Å². The minimum atomic E-state index is -0.616. The maximum atomic E-state index is 11.5. The molecule has 1 atom stereocenters. The molecule has 5 nitrogen and oxygen atoms in total. The molecule has 1 aromatic heterocycles. The zero-order valence-corrected chi connectivity index (χ0v) is 15.2. The molecule has 1 heterocycles. The van der Waals surface area contributed by atoms with E-state index in [0.717, 1.165) is 23.1 Å². The lowest BCUT2D eigenvalue weighted by Crippen LogP contribution is -2.85. The molecule has 0 aliphatic heterocycles. The number of aliphatic hydroxyl groups is 1. The molecular weight excluding hydrogens is 354 g/mol. The molecule has 0 radical (unpaired) electrons. The summed E-state index contributed by atoms with van der Waals surface area (Å²) in [6.07, 6.45) is -0.616. The molecular formula is C20H21ClNO4+. The molecule has 6 heteroatoms. The summed E-state index contributed by atoms with van der Waals surface area (Å²) in [5.41, 5.74) is 2.06. The SMILES string of the molecule is Cc1cc(=O)oc2cc(OC[C@@H](O)C[NH2+]Cc3cccc(Cl)c3)ccc12. The van der Waals surface area contributed by atoms with Gasteiger partial charge in [0.1, 0.15) is 37.1 Å². The van der Waals surface area contributed by atoms with Gasteiger partial charge < -0.3 is 19.6 Å². The largest absolute Gasteiger partial charge is 0.491 e. The molecule has 0 saturated heterocycles. The third kappa shape index (κ3) is 4.85. The number of hydrogen-bond acceptors (Lipinski definition) is 4. The molecule has 0 amide bonds. The monoisotopic (exact) mass is 374 g/mol. The highest BCUT2D eigenvalue weighted by molar-refractivity contribution is 6.30. The van der Waals surface area contributed by atoms with Crippen LogP contribution in [-0.4, -0.2) is 24.4 Å². The molecule has 2 aromatic carbocycles. The maximum absolute atomic E-state index is 11.5. The maximum Gasteiger partial charge on any atom is 0.336 e. The highest BCUT2D eigenvalue weighted by Crippen LogP contribution is 2.22. The Morgan fingerprint density at radius 2 is 2.08 bits per heavy atom. The van der Waals surface area contributed by atoms with Crippen LogP contribution in [0.3, 0.4) is 0 Å². The molecule has 136 valence electrons. The van der Waals surface area contributed by atoms with E-state index in [0.29, 0.717) is 22.9 Å². The fourth-order valence-corrected chi connectivity index (χ4v) is 2.97. The van der Waals surface area contributed by atoms with Crippen molar-refractivity contribution in [3.8, 4) is 5.75 Å². The Labute approximate surface area is 156 Å². The molecule has 26 heavy (non-hydrogen) atoms. The number of hydrogen-bond donors (Lipinski definition) is 2. The minimum Gasteiger partial charge on any atom is -0.491 e. The predicted molar refractivity (Wildman–Crippen MR) is 101 cm³/mol. The first-order valence-electron chi connectivity index (χ1n) is 8.43. The molecule has 0 saturated carbocycles. The van der Waals surface area contributed by atoms with Gasteiger partial charge in [-0.3, -0.25) is 0 Å². The Morgan fingerprint density at radius 3 is 2.88 bits per heavy atom. The van der Waals surface area contributed by atoms with E-state index in [4.69, 9.17) is 20.8 Å². The van der Waals surface area contributed by atoms with Crippen LogP contribution in [-0.2, 0) is 6.54 Å². The zero-order chi connectivity index (χ0) is 18.5. The molecule has 3 aromatic rings. The third-order valence-corrected chi connectivity index (χ3v) is 4.31. The smallest absolute Gasteiger partial charge is 0.336 e. The Morgan fingerprint density at radius 1 is 1.23 bits per heavy atom. The van der Waals surface area contributed by atoms with Crippen LogP contribution in [0, 0.1) is 6.92 Å². The van der Waals surface area contributed by atoms with E-state index < -0.39 is 6.10 Å². The average Bonchev–Trinajstić information content (AvgIpc) is 2.59. The van der Waals surface area contributed by atoms with Crippen LogP contribution in [0.4, 0.5) is 0 Å². The molecule has 0 aliphatic carbocycles. The van der Waals surface area contributed by atoms with Gasteiger partial charge >= 0.3 is 5.63 Å². The number of aliphatic hydroxyl groups excluding tert-OH is 1. The number of aryl methyl sites for hydroxylation is 1. The van der Waals surface area contributed by atoms with Gasteiger partial charge in [0.05, 0.1) is 0 Å². The summed E-state index contributed by atoms with van der Waals surface area (Å²) in [5.74, 6) is 0.556. The van der Waals surface area contributed by atoms with Crippen molar-refractivity contribution in [1.82, 2.24) is 0 Å². The van der Waals surface area contributed by atoms with Crippen molar-refractivity contribution >= 4 is 22.6 Å². The number of ether oxygens (including phenoxy) is 1. The highest BCUT2D eigenvalue weighted by atomic mass is 35.5. The summed E-state index contributed by atoms with van der Waals surface area (Å²) in [4.78, 5) is 11.5. The van der Waals surface area contributed by atoms with Gasteiger partial charge in [-0.15, -0.1) is 0 Å². The van der Waals surface area contributed by atoms with Crippen molar-refractivity contribution in [2.45, 2.75) is 19.6 Å². The van der Waals surface area contributed by atoms with E-state index >= 15 is 0 Å².